The molecule has 0 aliphatic heterocycles. The van der Waals surface area contributed by atoms with E-state index in [0.29, 0.717) is 0 Å². The summed E-state index contributed by atoms with van der Waals surface area (Å²) in [6.45, 7) is 22.6. The van der Waals surface area contributed by atoms with Crippen LogP contribution in [0.4, 0.5) is 0 Å². The molecule has 0 N–H and O–H groups in total. The van der Waals surface area contributed by atoms with Crippen LogP contribution in [0.5, 0.6) is 0 Å². The number of ether oxygens (including phenoxy) is 1. The summed E-state index contributed by atoms with van der Waals surface area (Å²) < 4.78 is 18.4. The number of hydrogen-bond acceptors (Lipinski definition) is 4. The average Bonchev–Trinajstić information content (AvgIpc) is 2.42. The Morgan fingerprint density at radius 1 is 0.769 bits per heavy atom. The van der Waals surface area contributed by atoms with Crippen molar-refractivity contribution < 1.29 is 18.4 Å². The van der Waals surface area contributed by atoms with Crippen LogP contribution >= 0.6 is 0 Å². The third-order valence-electron chi connectivity index (χ3n) is 6.69. The van der Waals surface area contributed by atoms with Crippen molar-refractivity contribution in [2.24, 2.45) is 5.92 Å². The summed E-state index contributed by atoms with van der Waals surface area (Å²) in [6, 6.07) is 0. The number of rotatable bonds is 5. The summed E-state index contributed by atoms with van der Waals surface area (Å²) in [7, 11) is -2.30. The molecule has 2 unspecified atom stereocenters. The summed E-state index contributed by atoms with van der Waals surface area (Å²) >= 11 is 0. The molecule has 0 aromatic heterocycles. The minimum absolute atomic E-state index is 0.0727. The van der Waals surface area contributed by atoms with E-state index < -0.39 is 16.6 Å². The fourth-order valence-electron chi connectivity index (χ4n) is 2.96. The summed E-state index contributed by atoms with van der Waals surface area (Å²) in [6.07, 6.45) is 2.52. The van der Waals surface area contributed by atoms with E-state index in [1.807, 2.05) is 0 Å². The van der Waals surface area contributed by atoms with Crippen LogP contribution in [-0.2, 0) is 18.4 Å². The summed E-state index contributed by atoms with van der Waals surface area (Å²) in [5.74, 6) is -0.254. The quantitative estimate of drug-likeness (QED) is 0.434. The number of esters is 1. The molecule has 1 aliphatic carbocycles. The molecular formula is C20H42O4Si2. The zero-order chi connectivity index (χ0) is 20.6. The maximum Gasteiger partial charge on any atom is 0.308 e. The molecule has 1 rings (SSSR count). The Morgan fingerprint density at radius 3 is 1.38 bits per heavy atom. The number of carbonyl (C=O) groups excluding carboxylic acids is 1. The van der Waals surface area contributed by atoms with Crippen molar-refractivity contribution in [3.8, 4) is 0 Å². The van der Waals surface area contributed by atoms with Crippen LogP contribution in [0.25, 0.3) is 0 Å². The van der Waals surface area contributed by atoms with Crippen molar-refractivity contribution in [2.75, 3.05) is 7.11 Å². The zero-order valence-corrected chi connectivity index (χ0v) is 21.0. The minimum atomic E-state index is -1.89. The molecule has 1 fully saturated rings. The Kier molecular flexibility index (Phi) is 7.39. The van der Waals surface area contributed by atoms with Gasteiger partial charge >= 0.3 is 5.97 Å². The molecule has 0 heterocycles. The van der Waals surface area contributed by atoms with E-state index in [9.17, 15) is 4.79 Å². The average molecular weight is 403 g/mol. The van der Waals surface area contributed by atoms with Gasteiger partial charge in [0.1, 0.15) is 0 Å². The maximum absolute atomic E-state index is 12.3. The third kappa shape index (κ3) is 5.91. The standard InChI is InChI=1S/C20H42O4Si2/c1-19(2,3)25(8,9)23-16-12-15(18(21)22-7)13-17(14-16)24-26(10,11)20(4,5)6/h15-17H,12-14H2,1-11H3. The molecule has 6 heteroatoms. The van der Waals surface area contributed by atoms with E-state index in [2.05, 4.69) is 67.7 Å². The topological polar surface area (TPSA) is 44.8 Å². The lowest BCUT2D eigenvalue weighted by Gasteiger charge is -2.45. The largest absolute Gasteiger partial charge is 0.469 e. The second kappa shape index (κ2) is 8.05. The van der Waals surface area contributed by atoms with Crippen LogP contribution in [0.15, 0.2) is 0 Å². The van der Waals surface area contributed by atoms with Crippen LogP contribution in [0.1, 0.15) is 60.8 Å². The highest BCUT2D eigenvalue weighted by atomic mass is 28.4. The third-order valence-corrected chi connectivity index (χ3v) is 15.8. The molecule has 4 nitrogen and oxygen atoms in total. The zero-order valence-electron chi connectivity index (χ0n) is 19.0. The molecule has 0 aromatic carbocycles. The first-order valence-electron chi connectivity index (χ1n) is 9.93. The molecule has 0 radical (unpaired) electrons. The van der Waals surface area contributed by atoms with Gasteiger partial charge in [0.25, 0.3) is 0 Å². The molecule has 0 aromatic rings. The molecular weight excluding hydrogens is 360 g/mol. The maximum atomic E-state index is 12.3. The van der Waals surface area contributed by atoms with Crippen molar-refractivity contribution >= 4 is 22.6 Å². The van der Waals surface area contributed by atoms with Crippen LogP contribution in [-0.4, -0.2) is 41.9 Å². The van der Waals surface area contributed by atoms with E-state index in [4.69, 9.17) is 13.6 Å². The predicted octanol–water partition coefficient (Wildman–Crippen LogP) is 5.74. The summed E-state index contributed by atoms with van der Waals surface area (Å²) in [5.41, 5.74) is 0. The highest BCUT2D eigenvalue weighted by Crippen LogP contribution is 2.43. The van der Waals surface area contributed by atoms with Crippen molar-refractivity contribution in [1.29, 1.82) is 0 Å². The summed E-state index contributed by atoms with van der Waals surface area (Å²) in [4.78, 5) is 12.3. The predicted molar refractivity (Wildman–Crippen MR) is 113 cm³/mol. The monoisotopic (exact) mass is 402 g/mol. The van der Waals surface area contributed by atoms with E-state index in [0.717, 1.165) is 19.3 Å². The van der Waals surface area contributed by atoms with Gasteiger partial charge in [-0.2, -0.15) is 0 Å². The van der Waals surface area contributed by atoms with E-state index in [1.54, 1.807) is 0 Å². The Morgan fingerprint density at radius 2 is 1.12 bits per heavy atom. The second-order valence-corrected chi connectivity index (χ2v) is 20.4. The number of hydrogen-bond donors (Lipinski definition) is 0. The Labute approximate surface area is 163 Å². The van der Waals surface area contributed by atoms with Crippen molar-refractivity contribution in [3.63, 3.8) is 0 Å². The molecule has 0 saturated heterocycles. The molecule has 154 valence electrons. The fraction of sp³-hybridized carbons (Fsp3) is 0.950. The highest BCUT2D eigenvalue weighted by molar-refractivity contribution is 6.74. The lowest BCUT2D eigenvalue weighted by Crippen LogP contribution is -2.50. The lowest BCUT2D eigenvalue weighted by atomic mass is 9.85. The molecule has 0 bridgehead atoms. The van der Waals surface area contributed by atoms with Gasteiger partial charge in [-0.15, -0.1) is 0 Å². The first-order chi connectivity index (χ1) is 11.5. The van der Waals surface area contributed by atoms with Gasteiger partial charge in [0.2, 0.25) is 0 Å². The van der Waals surface area contributed by atoms with E-state index in [-0.39, 0.29) is 34.2 Å². The van der Waals surface area contributed by atoms with Crippen LogP contribution in [0, 0.1) is 5.92 Å². The van der Waals surface area contributed by atoms with Gasteiger partial charge in [-0.3, -0.25) is 4.79 Å². The molecule has 1 aliphatic rings. The van der Waals surface area contributed by atoms with Gasteiger partial charge in [-0.25, -0.2) is 0 Å². The highest BCUT2D eigenvalue weighted by Gasteiger charge is 2.45. The Hall–Kier alpha value is -0.176. The minimum Gasteiger partial charge on any atom is -0.469 e. The van der Waals surface area contributed by atoms with E-state index >= 15 is 0 Å². The first-order valence-corrected chi connectivity index (χ1v) is 15.8. The molecule has 0 spiro atoms. The number of carbonyl (C=O) groups is 1. The molecule has 2 atom stereocenters. The Balaban J connectivity index is 2.98. The van der Waals surface area contributed by atoms with E-state index in [1.165, 1.54) is 7.11 Å². The van der Waals surface area contributed by atoms with Gasteiger partial charge in [0, 0.05) is 12.2 Å². The van der Waals surface area contributed by atoms with Gasteiger partial charge in [0.05, 0.1) is 13.0 Å². The summed E-state index contributed by atoms with van der Waals surface area (Å²) in [5, 5.41) is 0.308. The van der Waals surface area contributed by atoms with Gasteiger partial charge in [0.15, 0.2) is 16.6 Å². The normalized spacial score (nSPS) is 25.9. The molecule has 26 heavy (non-hydrogen) atoms. The van der Waals surface area contributed by atoms with Crippen molar-refractivity contribution in [3.05, 3.63) is 0 Å². The van der Waals surface area contributed by atoms with Gasteiger partial charge < -0.3 is 13.6 Å². The van der Waals surface area contributed by atoms with Gasteiger partial charge in [-0.1, -0.05) is 41.5 Å². The van der Waals surface area contributed by atoms with Gasteiger partial charge in [-0.05, 0) is 55.5 Å². The van der Waals surface area contributed by atoms with Crippen molar-refractivity contribution in [1.82, 2.24) is 0 Å². The van der Waals surface area contributed by atoms with Crippen molar-refractivity contribution in [2.45, 2.75) is 109 Å². The second-order valence-electron chi connectivity index (χ2n) is 10.9. The molecule has 1 saturated carbocycles. The first kappa shape index (κ1) is 23.9. The van der Waals surface area contributed by atoms with Crippen LogP contribution in [0.2, 0.25) is 36.3 Å². The lowest BCUT2D eigenvalue weighted by molar-refractivity contribution is -0.149. The van der Waals surface area contributed by atoms with Crippen LogP contribution < -0.4 is 0 Å². The molecule has 0 amide bonds. The fourth-order valence-corrected chi connectivity index (χ4v) is 5.71. The Bertz CT molecular complexity index is 453. The number of methoxy groups -OCH3 is 1. The van der Waals surface area contributed by atoms with Crippen LogP contribution in [0.3, 0.4) is 0 Å². The SMILES string of the molecule is COC(=O)C1CC(O[Si](C)(C)C(C)(C)C)CC(O[Si](C)(C)C(C)(C)C)C1. The smallest absolute Gasteiger partial charge is 0.308 e.